The number of rotatable bonds is 1. The predicted molar refractivity (Wildman–Crippen MR) is 46.2 cm³/mol. The molecule has 0 amide bonds. The summed E-state index contributed by atoms with van der Waals surface area (Å²) < 4.78 is 25.5. The Bertz CT molecular complexity index is 361. The number of aromatic hydroxyl groups is 1. The average Bonchev–Trinajstić information content (AvgIpc) is 2.10. The van der Waals surface area contributed by atoms with Crippen molar-refractivity contribution < 1.29 is 13.9 Å². The number of hydrogen-bond donors (Lipinski definition) is 1. The number of phenolic OH excluding ortho intramolecular Hbond substituents is 1. The van der Waals surface area contributed by atoms with Crippen LogP contribution in [0.15, 0.2) is 17.1 Å². The smallest absolute Gasteiger partial charge is 0.168 e. The van der Waals surface area contributed by atoms with E-state index in [0.29, 0.717) is 11.8 Å². The van der Waals surface area contributed by atoms with Crippen molar-refractivity contribution in [1.29, 1.82) is 0 Å². The molecular formula is C9H9F2NO. The lowest BCUT2D eigenvalue weighted by Gasteiger charge is -2.04. The maximum atomic E-state index is 12.8. The standard InChI is InChI=1S/C9H9F2NO/c1-5(12-2)7-3-6(10)4-8(11)9(7)13/h3-4,13H,1-2H3. The molecular weight excluding hydrogens is 176 g/mol. The highest BCUT2D eigenvalue weighted by molar-refractivity contribution is 6.00. The van der Waals surface area contributed by atoms with Crippen LogP contribution in [0.1, 0.15) is 12.5 Å². The van der Waals surface area contributed by atoms with Gasteiger partial charge in [-0.2, -0.15) is 0 Å². The lowest BCUT2D eigenvalue weighted by molar-refractivity contribution is 0.426. The molecule has 0 saturated carbocycles. The topological polar surface area (TPSA) is 32.6 Å². The molecule has 13 heavy (non-hydrogen) atoms. The van der Waals surface area contributed by atoms with Crippen LogP contribution >= 0.6 is 0 Å². The molecule has 1 rings (SSSR count). The second-order valence-electron chi connectivity index (χ2n) is 2.59. The molecule has 0 radical (unpaired) electrons. The van der Waals surface area contributed by atoms with E-state index in [4.69, 9.17) is 0 Å². The van der Waals surface area contributed by atoms with Crippen LogP contribution in [-0.2, 0) is 0 Å². The van der Waals surface area contributed by atoms with Crippen LogP contribution in [0.4, 0.5) is 8.78 Å². The molecule has 4 heteroatoms. The first-order chi connectivity index (χ1) is 6.06. The van der Waals surface area contributed by atoms with E-state index >= 15 is 0 Å². The minimum absolute atomic E-state index is 0.0833. The molecule has 0 spiro atoms. The number of benzene rings is 1. The summed E-state index contributed by atoms with van der Waals surface area (Å²) >= 11 is 0. The summed E-state index contributed by atoms with van der Waals surface area (Å²) in [6.45, 7) is 1.56. The quantitative estimate of drug-likeness (QED) is 0.668. The summed E-state index contributed by atoms with van der Waals surface area (Å²) in [5, 5.41) is 9.20. The van der Waals surface area contributed by atoms with E-state index in [0.717, 1.165) is 6.07 Å². The zero-order valence-corrected chi connectivity index (χ0v) is 7.31. The highest BCUT2D eigenvalue weighted by Gasteiger charge is 2.11. The molecule has 0 atom stereocenters. The zero-order valence-electron chi connectivity index (χ0n) is 7.31. The van der Waals surface area contributed by atoms with Gasteiger partial charge in [-0.05, 0) is 13.0 Å². The first kappa shape index (κ1) is 9.64. The number of halogens is 2. The highest BCUT2D eigenvalue weighted by atomic mass is 19.1. The third-order valence-electron chi connectivity index (χ3n) is 1.75. The second kappa shape index (κ2) is 3.51. The van der Waals surface area contributed by atoms with Crippen molar-refractivity contribution in [2.45, 2.75) is 6.92 Å². The molecule has 70 valence electrons. The second-order valence-corrected chi connectivity index (χ2v) is 2.59. The Kier molecular flexibility index (Phi) is 2.60. The SMILES string of the molecule is CN=C(C)c1cc(F)cc(F)c1O. The van der Waals surface area contributed by atoms with E-state index in [1.807, 2.05) is 0 Å². The molecule has 0 aliphatic heterocycles. The van der Waals surface area contributed by atoms with Crippen LogP contribution < -0.4 is 0 Å². The van der Waals surface area contributed by atoms with Crippen molar-refractivity contribution >= 4 is 5.71 Å². The summed E-state index contributed by atoms with van der Waals surface area (Å²) in [6.07, 6.45) is 0. The molecule has 0 saturated heterocycles. The first-order valence-electron chi connectivity index (χ1n) is 3.68. The van der Waals surface area contributed by atoms with Crippen LogP contribution in [0.3, 0.4) is 0 Å². The Hall–Kier alpha value is -1.45. The van der Waals surface area contributed by atoms with Gasteiger partial charge >= 0.3 is 0 Å². The van der Waals surface area contributed by atoms with Gasteiger partial charge in [0.15, 0.2) is 11.6 Å². The fourth-order valence-electron chi connectivity index (χ4n) is 0.962. The normalized spacial score (nSPS) is 11.8. The number of hydrogen-bond acceptors (Lipinski definition) is 2. The highest BCUT2D eigenvalue weighted by Crippen LogP contribution is 2.23. The summed E-state index contributed by atoms with van der Waals surface area (Å²) in [6, 6.07) is 1.67. The summed E-state index contributed by atoms with van der Waals surface area (Å²) in [7, 11) is 1.48. The van der Waals surface area contributed by atoms with Crippen LogP contribution in [0.25, 0.3) is 0 Å². The molecule has 1 aromatic carbocycles. The van der Waals surface area contributed by atoms with Crippen molar-refractivity contribution in [1.82, 2.24) is 0 Å². The first-order valence-corrected chi connectivity index (χ1v) is 3.68. The fourth-order valence-corrected chi connectivity index (χ4v) is 0.962. The maximum Gasteiger partial charge on any atom is 0.168 e. The Morgan fingerprint density at radius 3 is 2.54 bits per heavy atom. The van der Waals surface area contributed by atoms with Gasteiger partial charge in [0.05, 0.1) is 0 Å². The molecule has 1 N–H and O–H groups in total. The average molecular weight is 185 g/mol. The van der Waals surface area contributed by atoms with E-state index in [9.17, 15) is 13.9 Å². The van der Waals surface area contributed by atoms with Crippen LogP contribution in [0.2, 0.25) is 0 Å². The van der Waals surface area contributed by atoms with Crippen molar-refractivity contribution in [2.75, 3.05) is 7.05 Å². The van der Waals surface area contributed by atoms with Gasteiger partial charge in [-0.25, -0.2) is 8.78 Å². The molecule has 0 bridgehead atoms. The molecule has 0 aliphatic rings. The summed E-state index contributed by atoms with van der Waals surface area (Å²) in [5.41, 5.74) is 0.468. The molecule has 2 nitrogen and oxygen atoms in total. The molecule has 0 aromatic heterocycles. The Morgan fingerprint density at radius 2 is 2.00 bits per heavy atom. The minimum atomic E-state index is -0.974. The predicted octanol–water partition coefficient (Wildman–Crippen LogP) is 2.11. The molecule has 0 unspecified atom stereocenters. The Labute approximate surface area is 74.5 Å². The van der Waals surface area contributed by atoms with Gasteiger partial charge in [-0.15, -0.1) is 0 Å². The van der Waals surface area contributed by atoms with Crippen molar-refractivity contribution in [3.8, 4) is 5.75 Å². The molecule has 1 aromatic rings. The van der Waals surface area contributed by atoms with Gasteiger partial charge in [0.1, 0.15) is 5.82 Å². The number of nitrogens with zero attached hydrogens (tertiary/aromatic N) is 1. The minimum Gasteiger partial charge on any atom is -0.504 e. The fraction of sp³-hybridized carbons (Fsp3) is 0.222. The monoisotopic (exact) mass is 185 g/mol. The van der Waals surface area contributed by atoms with E-state index in [1.165, 1.54) is 7.05 Å². The van der Waals surface area contributed by atoms with Crippen LogP contribution in [0.5, 0.6) is 5.75 Å². The van der Waals surface area contributed by atoms with Crippen molar-refractivity contribution in [2.24, 2.45) is 4.99 Å². The molecule has 0 fully saturated rings. The van der Waals surface area contributed by atoms with E-state index in [1.54, 1.807) is 6.92 Å². The summed E-state index contributed by atoms with van der Waals surface area (Å²) in [4.78, 5) is 3.73. The zero-order chi connectivity index (χ0) is 10.0. The van der Waals surface area contributed by atoms with E-state index < -0.39 is 17.4 Å². The third kappa shape index (κ3) is 1.83. The van der Waals surface area contributed by atoms with Crippen LogP contribution in [0, 0.1) is 11.6 Å². The molecule has 0 aliphatic carbocycles. The van der Waals surface area contributed by atoms with Crippen LogP contribution in [-0.4, -0.2) is 17.9 Å². The number of aliphatic imine (C=N–C) groups is 1. The third-order valence-corrected chi connectivity index (χ3v) is 1.75. The van der Waals surface area contributed by atoms with Crippen molar-refractivity contribution in [3.63, 3.8) is 0 Å². The Morgan fingerprint density at radius 1 is 1.38 bits per heavy atom. The molecule has 0 heterocycles. The van der Waals surface area contributed by atoms with Crippen molar-refractivity contribution in [3.05, 3.63) is 29.3 Å². The van der Waals surface area contributed by atoms with Gasteiger partial charge in [-0.3, -0.25) is 4.99 Å². The van der Waals surface area contributed by atoms with Gasteiger partial charge in [0.25, 0.3) is 0 Å². The van der Waals surface area contributed by atoms with Gasteiger partial charge < -0.3 is 5.11 Å². The Balaban J connectivity index is 3.37. The lowest BCUT2D eigenvalue weighted by atomic mass is 10.1. The largest absolute Gasteiger partial charge is 0.504 e. The van der Waals surface area contributed by atoms with Gasteiger partial charge in [0.2, 0.25) is 0 Å². The van der Waals surface area contributed by atoms with E-state index in [2.05, 4.69) is 4.99 Å². The maximum absolute atomic E-state index is 12.8. The van der Waals surface area contributed by atoms with Gasteiger partial charge in [0, 0.05) is 24.4 Å². The van der Waals surface area contributed by atoms with Gasteiger partial charge in [-0.1, -0.05) is 0 Å². The lowest BCUT2D eigenvalue weighted by Crippen LogP contribution is -1.98. The summed E-state index contributed by atoms with van der Waals surface area (Å²) in [5.74, 6) is -2.27. The van der Waals surface area contributed by atoms with E-state index in [-0.39, 0.29) is 5.56 Å². The number of phenols is 1.